The monoisotopic (exact) mass is 231 g/mol. The predicted octanol–water partition coefficient (Wildman–Crippen LogP) is 1.64. The van der Waals surface area contributed by atoms with E-state index in [1.807, 2.05) is 39.0 Å². The van der Waals surface area contributed by atoms with Gasteiger partial charge in [-0.3, -0.25) is 15.5 Å². The van der Waals surface area contributed by atoms with E-state index in [1.165, 1.54) is 5.56 Å². The van der Waals surface area contributed by atoms with E-state index in [0.29, 0.717) is 6.54 Å². The summed E-state index contributed by atoms with van der Waals surface area (Å²) in [7, 11) is 0. The van der Waals surface area contributed by atoms with Crippen LogP contribution in [0.2, 0.25) is 0 Å². The molecule has 0 bridgehead atoms. The maximum absolute atomic E-state index is 11.7. The van der Waals surface area contributed by atoms with Crippen molar-refractivity contribution < 1.29 is 4.79 Å². The largest absolute Gasteiger partial charge is 0.324 e. The lowest BCUT2D eigenvalue weighted by molar-refractivity contribution is -0.125. The SMILES string of the molecule is Cc1cccc(CN2C(=N)NC(=O)C2(C)C)c1. The summed E-state index contributed by atoms with van der Waals surface area (Å²) in [5.41, 5.74) is 1.64. The minimum atomic E-state index is -0.652. The first-order valence-corrected chi connectivity index (χ1v) is 5.64. The average molecular weight is 231 g/mol. The summed E-state index contributed by atoms with van der Waals surface area (Å²) in [5, 5.41) is 10.4. The van der Waals surface area contributed by atoms with Gasteiger partial charge in [-0.05, 0) is 26.3 Å². The highest BCUT2D eigenvalue weighted by atomic mass is 16.2. The molecule has 1 aliphatic heterocycles. The third-order valence-electron chi connectivity index (χ3n) is 3.16. The molecule has 0 aromatic heterocycles. The Hall–Kier alpha value is -1.84. The number of nitrogens with zero attached hydrogens (tertiary/aromatic N) is 1. The molecule has 1 heterocycles. The van der Waals surface area contributed by atoms with Crippen molar-refractivity contribution in [1.29, 1.82) is 5.41 Å². The van der Waals surface area contributed by atoms with Gasteiger partial charge in [0.2, 0.25) is 0 Å². The zero-order valence-corrected chi connectivity index (χ0v) is 10.4. The highest BCUT2D eigenvalue weighted by Crippen LogP contribution is 2.23. The Morgan fingerprint density at radius 2 is 2.12 bits per heavy atom. The van der Waals surface area contributed by atoms with Gasteiger partial charge in [-0.15, -0.1) is 0 Å². The molecule has 0 radical (unpaired) electrons. The van der Waals surface area contributed by atoms with Crippen LogP contribution in [0.15, 0.2) is 24.3 Å². The Balaban J connectivity index is 2.24. The smallest absolute Gasteiger partial charge is 0.252 e. The van der Waals surface area contributed by atoms with Crippen molar-refractivity contribution in [2.75, 3.05) is 0 Å². The van der Waals surface area contributed by atoms with Crippen molar-refractivity contribution in [3.05, 3.63) is 35.4 Å². The zero-order chi connectivity index (χ0) is 12.6. The van der Waals surface area contributed by atoms with Gasteiger partial charge in [0.15, 0.2) is 5.96 Å². The van der Waals surface area contributed by atoms with Crippen molar-refractivity contribution in [2.24, 2.45) is 0 Å². The standard InChI is InChI=1S/C13H17N3O/c1-9-5-4-6-10(7-9)8-16-12(14)15-11(17)13(16,2)3/h4-7H,8H2,1-3H3,(H2,14,15,17). The van der Waals surface area contributed by atoms with E-state index in [2.05, 4.69) is 11.4 Å². The minimum absolute atomic E-state index is 0.116. The first-order chi connectivity index (χ1) is 7.91. The molecular formula is C13H17N3O. The van der Waals surface area contributed by atoms with E-state index in [4.69, 9.17) is 5.41 Å². The van der Waals surface area contributed by atoms with Crippen molar-refractivity contribution in [3.8, 4) is 0 Å². The van der Waals surface area contributed by atoms with E-state index < -0.39 is 5.54 Å². The molecule has 1 aliphatic rings. The summed E-state index contributed by atoms with van der Waals surface area (Å²) in [5.74, 6) is 0.0664. The van der Waals surface area contributed by atoms with Crippen LogP contribution in [0.3, 0.4) is 0 Å². The second kappa shape index (κ2) is 3.87. The summed E-state index contributed by atoms with van der Waals surface area (Å²) in [6.07, 6.45) is 0. The minimum Gasteiger partial charge on any atom is -0.324 e. The number of guanidine groups is 1. The highest BCUT2D eigenvalue weighted by Gasteiger charge is 2.43. The van der Waals surface area contributed by atoms with Crippen molar-refractivity contribution in [2.45, 2.75) is 32.9 Å². The van der Waals surface area contributed by atoms with E-state index in [1.54, 1.807) is 4.90 Å². The fourth-order valence-corrected chi connectivity index (χ4v) is 2.00. The Kier molecular flexibility index (Phi) is 2.65. The maximum atomic E-state index is 11.7. The van der Waals surface area contributed by atoms with Gasteiger partial charge in [0.05, 0.1) is 0 Å². The van der Waals surface area contributed by atoms with Crippen LogP contribution in [-0.2, 0) is 11.3 Å². The molecule has 0 saturated carbocycles. The number of hydrogen-bond acceptors (Lipinski definition) is 2. The van der Waals surface area contributed by atoms with Crippen LogP contribution in [0.5, 0.6) is 0 Å². The van der Waals surface area contributed by atoms with Gasteiger partial charge in [-0.1, -0.05) is 29.8 Å². The number of hydrogen-bond donors (Lipinski definition) is 2. The van der Waals surface area contributed by atoms with Crippen LogP contribution < -0.4 is 5.32 Å². The molecule has 0 aliphatic carbocycles. The van der Waals surface area contributed by atoms with E-state index in [-0.39, 0.29) is 11.9 Å². The van der Waals surface area contributed by atoms with Gasteiger partial charge in [-0.25, -0.2) is 0 Å². The lowest BCUT2D eigenvalue weighted by Crippen LogP contribution is -2.43. The van der Waals surface area contributed by atoms with Gasteiger partial charge in [0.1, 0.15) is 5.54 Å². The quantitative estimate of drug-likeness (QED) is 0.813. The fraction of sp³-hybridized carbons (Fsp3) is 0.385. The van der Waals surface area contributed by atoms with Gasteiger partial charge in [0, 0.05) is 6.54 Å². The Labute approximate surface area is 101 Å². The molecule has 2 N–H and O–H groups in total. The predicted molar refractivity (Wildman–Crippen MR) is 66.7 cm³/mol. The van der Waals surface area contributed by atoms with Crippen LogP contribution in [-0.4, -0.2) is 22.3 Å². The Morgan fingerprint density at radius 3 is 2.65 bits per heavy atom. The molecule has 1 amide bonds. The molecule has 90 valence electrons. The number of amides is 1. The summed E-state index contributed by atoms with van der Waals surface area (Å²) in [4.78, 5) is 13.5. The number of carbonyl (C=O) groups is 1. The third-order valence-corrected chi connectivity index (χ3v) is 3.16. The maximum Gasteiger partial charge on any atom is 0.252 e. The fourth-order valence-electron chi connectivity index (χ4n) is 2.00. The van der Waals surface area contributed by atoms with Crippen LogP contribution in [0.1, 0.15) is 25.0 Å². The molecule has 0 unspecified atom stereocenters. The van der Waals surface area contributed by atoms with E-state index in [0.717, 1.165) is 5.56 Å². The molecule has 17 heavy (non-hydrogen) atoms. The van der Waals surface area contributed by atoms with Crippen LogP contribution in [0, 0.1) is 12.3 Å². The second-order valence-electron chi connectivity index (χ2n) is 4.94. The molecule has 4 heteroatoms. The van der Waals surface area contributed by atoms with E-state index in [9.17, 15) is 4.79 Å². The summed E-state index contributed by atoms with van der Waals surface area (Å²) in [6, 6.07) is 8.12. The van der Waals surface area contributed by atoms with Gasteiger partial charge in [0.25, 0.3) is 5.91 Å². The highest BCUT2D eigenvalue weighted by molar-refractivity contribution is 6.07. The van der Waals surface area contributed by atoms with Crippen molar-refractivity contribution in [3.63, 3.8) is 0 Å². The third kappa shape index (κ3) is 2.02. The number of nitrogens with one attached hydrogen (secondary N) is 2. The summed E-state index contributed by atoms with van der Waals surface area (Å²) >= 11 is 0. The van der Waals surface area contributed by atoms with Crippen molar-refractivity contribution in [1.82, 2.24) is 10.2 Å². The Morgan fingerprint density at radius 1 is 1.41 bits per heavy atom. The Bertz CT molecular complexity index is 479. The summed E-state index contributed by atoms with van der Waals surface area (Å²) < 4.78 is 0. The molecule has 0 spiro atoms. The van der Waals surface area contributed by atoms with Gasteiger partial charge in [-0.2, -0.15) is 0 Å². The molecule has 1 fully saturated rings. The van der Waals surface area contributed by atoms with Crippen LogP contribution in [0.4, 0.5) is 0 Å². The van der Waals surface area contributed by atoms with Gasteiger partial charge < -0.3 is 4.90 Å². The van der Waals surface area contributed by atoms with Crippen LogP contribution in [0.25, 0.3) is 0 Å². The van der Waals surface area contributed by atoms with E-state index >= 15 is 0 Å². The normalized spacial score (nSPS) is 18.4. The summed E-state index contributed by atoms with van der Waals surface area (Å²) in [6.45, 7) is 6.28. The number of carbonyl (C=O) groups excluding carboxylic acids is 1. The average Bonchev–Trinajstić information content (AvgIpc) is 2.42. The molecule has 2 rings (SSSR count). The van der Waals surface area contributed by atoms with Gasteiger partial charge >= 0.3 is 0 Å². The lowest BCUT2D eigenvalue weighted by Gasteiger charge is -2.29. The number of aryl methyl sites for hydroxylation is 1. The first kappa shape index (κ1) is 11.6. The first-order valence-electron chi connectivity index (χ1n) is 5.64. The number of rotatable bonds is 2. The molecule has 1 aromatic carbocycles. The second-order valence-corrected chi connectivity index (χ2v) is 4.94. The number of benzene rings is 1. The molecular weight excluding hydrogens is 214 g/mol. The zero-order valence-electron chi connectivity index (χ0n) is 10.4. The molecule has 4 nitrogen and oxygen atoms in total. The molecule has 1 aromatic rings. The topological polar surface area (TPSA) is 56.2 Å². The molecule has 0 atom stereocenters. The molecule has 1 saturated heterocycles. The lowest BCUT2D eigenvalue weighted by atomic mass is 10.0. The van der Waals surface area contributed by atoms with Crippen molar-refractivity contribution >= 4 is 11.9 Å². The van der Waals surface area contributed by atoms with Crippen LogP contribution >= 0.6 is 0 Å².